The quantitative estimate of drug-likeness (QED) is 0.574. The van der Waals surface area contributed by atoms with E-state index in [4.69, 9.17) is 9.15 Å². The second-order valence-electron chi connectivity index (χ2n) is 7.30. The molecule has 0 N–H and O–H groups in total. The fourth-order valence-corrected chi connectivity index (χ4v) is 3.66. The Morgan fingerprint density at radius 1 is 1.04 bits per heavy atom. The van der Waals surface area contributed by atoms with Crippen LogP contribution in [-0.4, -0.2) is 41.3 Å². The van der Waals surface area contributed by atoms with E-state index in [1.807, 2.05) is 13.8 Å². The number of hydrogen-bond donors (Lipinski definition) is 0. The first-order valence-electron chi connectivity index (χ1n) is 9.56. The fraction of sp³-hybridized carbons (Fsp3) is 0.409. The van der Waals surface area contributed by atoms with Crippen LogP contribution in [0.15, 0.2) is 40.8 Å². The summed E-state index contributed by atoms with van der Waals surface area (Å²) in [5.41, 5.74) is 1.35. The van der Waals surface area contributed by atoms with Gasteiger partial charge in [-0.15, -0.1) is 0 Å². The van der Waals surface area contributed by atoms with Crippen LogP contribution in [0.25, 0.3) is 11.3 Å². The molecule has 1 aromatic carbocycles. The summed E-state index contributed by atoms with van der Waals surface area (Å²) in [5, 5.41) is 0. The van der Waals surface area contributed by atoms with Crippen molar-refractivity contribution in [1.82, 2.24) is 4.90 Å². The van der Waals surface area contributed by atoms with Gasteiger partial charge in [-0.3, -0.25) is 9.59 Å². The number of ketones is 1. The average Bonchev–Trinajstić information content (AvgIpc) is 3.16. The van der Waals surface area contributed by atoms with E-state index in [9.17, 15) is 14.4 Å². The number of esters is 1. The minimum atomic E-state index is -0.669. The van der Waals surface area contributed by atoms with Crippen molar-refractivity contribution in [2.45, 2.75) is 52.1 Å². The highest BCUT2D eigenvalue weighted by Crippen LogP contribution is 2.24. The van der Waals surface area contributed by atoms with Gasteiger partial charge in [-0.25, -0.2) is 4.79 Å². The molecule has 0 aliphatic carbocycles. The SMILES string of the molecule is CC(=O)c1ccc(-c2ccc(C(=O)OCC(=O)N3[C@H](C)CCC[C@@H]3C)o2)cc1. The summed E-state index contributed by atoms with van der Waals surface area (Å²) in [5.74, 6) is -0.334. The molecule has 6 nitrogen and oxygen atoms in total. The molecule has 148 valence electrons. The topological polar surface area (TPSA) is 76.8 Å². The normalized spacial score (nSPS) is 19.3. The molecule has 0 spiro atoms. The van der Waals surface area contributed by atoms with E-state index < -0.39 is 5.97 Å². The fourth-order valence-electron chi connectivity index (χ4n) is 3.66. The maximum absolute atomic E-state index is 12.5. The van der Waals surface area contributed by atoms with E-state index >= 15 is 0 Å². The standard InChI is InChI=1S/C22H25NO5/c1-14-5-4-6-15(2)23(14)21(25)13-27-22(26)20-12-11-19(28-20)18-9-7-17(8-10-18)16(3)24/h7-12,14-15H,4-6,13H2,1-3H3/t14-,15+. The number of ether oxygens (including phenoxy) is 1. The van der Waals surface area contributed by atoms with E-state index in [1.54, 1.807) is 35.2 Å². The lowest BCUT2D eigenvalue weighted by Gasteiger charge is -2.38. The largest absolute Gasteiger partial charge is 0.450 e. The number of carbonyl (C=O) groups is 3. The number of rotatable bonds is 5. The predicted molar refractivity (Wildman–Crippen MR) is 104 cm³/mol. The van der Waals surface area contributed by atoms with Gasteiger partial charge in [0.2, 0.25) is 5.76 Å². The highest BCUT2D eigenvalue weighted by molar-refractivity contribution is 5.94. The first-order valence-corrected chi connectivity index (χ1v) is 9.56. The van der Waals surface area contributed by atoms with E-state index in [-0.39, 0.29) is 36.1 Å². The monoisotopic (exact) mass is 383 g/mol. The number of amides is 1. The average molecular weight is 383 g/mol. The first-order chi connectivity index (χ1) is 13.4. The Bertz CT molecular complexity index is 857. The van der Waals surface area contributed by atoms with Crippen molar-refractivity contribution in [3.63, 3.8) is 0 Å². The van der Waals surface area contributed by atoms with Gasteiger partial charge in [0, 0.05) is 23.2 Å². The van der Waals surface area contributed by atoms with Crippen molar-refractivity contribution in [2.24, 2.45) is 0 Å². The molecular weight excluding hydrogens is 358 g/mol. The van der Waals surface area contributed by atoms with Crippen LogP contribution in [0.4, 0.5) is 0 Å². The number of Topliss-reactive ketones (excluding diaryl/α,β-unsaturated/α-hetero) is 1. The molecule has 1 saturated heterocycles. The third-order valence-corrected chi connectivity index (χ3v) is 5.19. The number of carbonyl (C=O) groups excluding carboxylic acids is 3. The first kappa shape index (κ1) is 19.9. The Labute approximate surface area is 164 Å². The molecule has 0 saturated carbocycles. The Kier molecular flexibility index (Phi) is 5.97. The molecule has 3 rings (SSSR count). The van der Waals surface area contributed by atoms with Crippen LogP contribution in [-0.2, 0) is 9.53 Å². The summed E-state index contributed by atoms with van der Waals surface area (Å²) in [6.45, 7) is 5.25. The van der Waals surface area contributed by atoms with Crippen LogP contribution in [0.5, 0.6) is 0 Å². The minimum Gasteiger partial charge on any atom is -0.450 e. The van der Waals surface area contributed by atoms with Crippen molar-refractivity contribution in [2.75, 3.05) is 6.61 Å². The number of nitrogens with zero attached hydrogens (tertiary/aromatic N) is 1. The molecule has 6 heteroatoms. The highest BCUT2D eigenvalue weighted by atomic mass is 16.5. The second kappa shape index (κ2) is 8.42. The van der Waals surface area contributed by atoms with Gasteiger partial charge in [0.25, 0.3) is 5.91 Å². The lowest BCUT2D eigenvalue weighted by atomic mass is 9.97. The summed E-state index contributed by atoms with van der Waals surface area (Å²) in [7, 11) is 0. The molecule has 1 fully saturated rings. The summed E-state index contributed by atoms with van der Waals surface area (Å²) < 4.78 is 10.7. The predicted octanol–water partition coefficient (Wildman–Crippen LogP) is 4.10. The van der Waals surface area contributed by atoms with Crippen molar-refractivity contribution in [3.05, 3.63) is 47.7 Å². The summed E-state index contributed by atoms with van der Waals surface area (Å²) in [6.07, 6.45) is 3.04. The van der Waals surface area contributed by atoms with Crippen LogP contribution in [0.3, 0.4) is 0 Å². The molecule has 1 amide bonds. The van der Waals surface area contributed by atoms with E-state index in [0.717, 1.165) is 24.8 Å². The molecule has 2 heterocycles. The van der Waals surface area contributed by atoms with Gasteiger partial charge in [-0.1, -0.05) is 24.3 Å². The Morgan fingerprint density at radius 3 is 2.29 bits per heavy atom. The second-order valence-corrected chi connectivity index (χ2v) is 7.30. The Balaban J connectivity index is 1.61. The molecule has 1 aliphatic rings. The molecule has 2 atom stereocenters. The van der Waals surface area contributed by atoms with Gasteiger partial charge in [0.1, 0.15) is 5.76 Å². The molecule has 0 radical (unpaired) electrons. The van der Waals surface area contributed by atoms with Crippen molar-refractivity contribution in [3.8, 4) is 11.3 Å². The Morgan fingerprint density at radius 2 is 1.68 bits per heavy atom. The minimum absolute atomic E-state index is 0.0164. The summed E-state index contributed by atoms with van der Waals surface area (Å²) in [6, 6.07) is 10.4. The van der Waals surface area contributed by atoms with Crippen molar-refractivity contribution < 1.29 is 23.5 Å². The lowest BCUT2D eigenvalue weighted by Crippen LogP contribution is -2.49. The zero-order valence-electron chi connectivity index (χ0n) is 16.4. The van der Waals surface area contributed by atoms with Gasteiger partial charge < -0.3 is 14.1 Å². The number of hydrogen-bond acceptors (Lipinski definition) is 5. The van der Waals surface area contributed by atoms with Gasteiger partial charge >= 0.3 is 5.97 Å². The van der Waals surface area contributed by atoms with Gasteiger partial charge in [0.05, 0.1) is 0 Å². The van der Waals surface area contributed by atoms with E-state index in [0.29, 0.717) is 11.3 Å². The van der Waals surface area contributed by atoms with Crippen molar-refractivity contribution >= 4 is 17.7 Å². The number of likely N-dealkylation sites (tertiary alicyclic amines) is 1. The Hall–Kier alpha value is -2.89. The molecule has 0 unspecified atom stereocenters. The molecule has 28 heavy (non-hydrogen) atoms. The summed E-state index contributed by atoms with van der Waals surface area (Å²) in [4.78, 5) is 37.9. The molecule has 1 aromatic heterocycles. The van der Waals surface area contributed by atoms with Crippen molar-refractivity contribution in [1.29, 1.82) is 0 Å². The van der Waals surface area contributed by atoms with Crippen LogP contribution < -0.4 is 0 Å². The highest BCUT2D eigenvalue weighted by Gasteiger charge is 2.29. The molecule has 1 aliphatic heterocycles. The smallest absolute Gasteiger partial charge is 0.374 e. The van der Waals surface area contributed by atoms with E-state index in [1.165, 1.54) is 13.0 Å². The number of piperidine rings is 1. The maximum Gasteiger partial charge on any atom is 0.374 e. The van der Waals surface area contributed by atoms with Crippen LogP contribution >= 0.6 is 0 Å². The van der Waals surface area contributed by atoms with Gasteiger partial charge in [-0.05, 0) is 52.2 Å². The molecule has 0 bridgehead atoms. The maximum atomic E-state index is 12.5. The van der Waals surface area contributed by atoms with Crippen LogP contribution in [0.2, 0.25) is 0 Å². The zero-order chi connectivity index (χ0) is 20.3. The van der Waals surface area contributed by atoms with Gasteiger partial charge in [0.15, 0.2) is 12.4 Å². The van der Waals surface area contributed by atoms with Crippen LogP contribution in [0.1, 0.15) is 60.9 Å². The van der Waals surface area contributed by atoms with E-state index in [2.05, 4.69) is 0 Å². The lowest BCUT2D eigenvalue weighted by molar-refractivity contribution is -0.140. The third-order valence-electron chi connectivity index (χ3n) is 5.19. The zero-order valence-corrected chi connectivity index (χ0v) is 16.4. The summed E-state index contributed by atoms with van der Waals surface area (Å²) >= 11 is 0. The third kappa shape index (κ3) is 4.32. The molecular formula is C22H25NO5. The van der Waals surface area contributed by atoms with Crippen LogP contribution in [0, 0.1) is 0 Å². The molecule has 2 aromatic rings. The number of benzene rings is 1. The van der Waals surface area contributed by atoms with Gasteiger partial charge in [-0.2, -0.15) is 0 Å². The number of furan rings is 1.